The molecule has 0 saturated carbocycles. The highest BCUT2D eigenvalue weighted by Gasteiger charge is 2.32. The quantitative estimate of drug-likeness (QED) is 0.578. The Morgan fingerprint density at radius 3 is 1.48 bits per heavy atom. The van der Waals surface area contributed by atoms with E-state index in [1.807, 2.05) is 64.1 Å². The zero-order chi connectivity index (χ0) is 19.8. The molecule has 0 spiro atoms. The maximum absolute atomic E-state index is 10.6. The van der Waals surface area contributed by atoms with E-state index in [1.165, 1.54) is 0 Å². The van der Waals surface area contributed by atoms with Gasteiger partial charge in [-0.2, -0.15) is 0 Å². The lowest BCUT2D eigenvalue weighted by atomic mass is 9.72. The first-order valence-electron chi connectivity index (χ1n) is 9.06. The summed E-state index contributed by atoms with van der Waals surface area (Å²) >= 11 is 0. The number of phenolic OH excluding ortho intramolecular Hbond substituents is 3. The monoisotopic (exact) mass is 362 g/mol. The van der Waals surface area contributed by atoms with E-state index >= 15 is 0 Å². The van der Waals surface area contributed by atoms with Crippen molar-refractivity contribution >= 4 is 0 Å². The molecule has 0 saturated heterocycles. The smallest absolute Gasteiger partial charge is 0.119 e. The van der Waals surface area contributed by atoms with Gasteiger partial charge < -0.3 is 15.3 Å². The van der Waals surface area contributed by atoms with E-state index in [-0.39, 0.29) is 17.2 Å². The second-order valence-corrected chi connectivity index (χ2v) is 8.02. The van der Waals surface area contributed by atoms with Crippen LogP contribution < -0.4 is 0 Å². The van der Waals surface area contributed by atoms with E-state index in [1.54, 1.807) is 30.3 Å². The summed E-state index contributed by atoms with van der Waals surface area (Å²) in [6.07, 6.45) is 0. The molecule has 27 heavy (non-hydrogen) atoms. The van der Waals surface area contributed by atoms with E-state index in [0.29, 0.717) is 0 Å². The molecule has 0 aliphatic carbocycles. The SMILES string of the molecule is CC(C)(c1ccc(O)c(C(C)(C)c2ccccc2O)c1)c1ccccc1O. The molecule has 3 heteroatoms. The van der Waals surface area contributed by atoms with Crippen molar-refractivity contribution in [3.8, 4) is 17.2 Å². The molecule has 3 aromatic carbocycles. The molecule has 0 fully saturated rings. The highest BCUT2D eigenvalue weighted by atomic mass is 16.3. The summed E-state index contributed by atoms with van der Waals surface area (Å²) in [7, 11) is 0. The number of hydrogen-bond donors (Lipinski definition) is 3. The van der Waals surface area contributed by atoms with Crippen LogP contribution >= 0.6 is 0 Å². The van der Waals surface area contributed by atoms with Crippen LogP contribution in [0.3, 0.4) is 0 Å². The van der Waals surface area contributed by atoms with E-state index in [2.05, 4.69) is 0 Å². The molecule has 0 atom stereocenters. The first-order chi connectivity index (χ1) is 12.7. The van der Waals surface area contributed by atoms with Crippen molar-refractivity contribution in [2.75, 3.05) is 0 Å². The molecular formula is C24H26O3. The first kappa shape index (κ1) is 18.8. The highest BCUT2D eigenvalue weighted by Crippen LogP contribution is 2.44. The molecule has 0 aromatic heterocycles. The molecule has 0 amide bonds. The molecule has 3 aromatic rings. The Bertz CT molecular complexity index is 971. The van der Waals surface area contributed by atoms with Crippen molar-refractivity contribution < 1.29 is 15.3 Å². The average molecular weight is 362 g/mol. The zero-order valence-corrected chi connectivity index (χ0v) is 16.2. The standard InChI is InChI=1S/C24H26O3/c1-23(2,17-9-5-7-11-20(17)25)16-13-14-22(27)19(15-16)24(3,4)18-10-6-8-12-21(18)26/h5-15,25-27H,1-4H3. The van der Waals surface area contributed by atoms with Gasteiger partial charge in [0.25, 0.3) is 0 Å². The Kier molecular flexibility index (Phi) is 4.64. The second-order valence-electron chi connectivity index (χ2n) is 8.02. The molecule has 3 rings (SSSR count). The summed E-state index contributed by atoms with van der Waals surface area (Å²) in [6.45, 7) is 8.05. The fourth-order valence-electron chi connectivity index (χ4n) is 3.73. The van der Waals surface area contributed by atoms with Crippen LogP contribution in [-0.4, -0.2) is 15.3 Å². The van der Waals surface area contributed by atoms with Gasteiger partial charge >= 0.3 is 0 Å². The number of rotatable bonds is 4. The third kappa shape index (κ3) is 3.25. The largest absolute Gasteiger partial charge is 0.508 e. The zero-order valence-electron chi connectivity index (χ0n) is 16.2. The van der Waals surface area contributed by atoms with Gasteiger partial charge in [0.15, 0.2) is 0 Å². The topological polar surface area (TPSA) is 60.7 Å². The summed E-state index contributed by atoms with van der Waals surface area (Å²) in [5.41, 5.74) is 2.22. The molecule has 0 heterocycles. The van der Waals surface area contributed by atoms with Gasteiger partial charge in [-0.3, -0.25) is 0 Å². The van der Waals surface area contributed by atoms with Crippen molar-refractivity contribution in [2.24, 2.45) is 0 Å². The van der Waals surface area contributed by atoms with E-state index in [9.17, 15) is 15.3 Å². The maximum atomic E-state index is 10.6. The maximum Gasteiger partial charge on any atom is 0.119 e. The molecule has 0 aliphatic rings. The number of hydrogen-bond acceptors (Lipinski definition) is 3. The van der Waals surface area contributed by atoms with Gasteiger partial charge in [0.1, 0.15) is 17.2 Å². The van der Waals surface area contributed by atoms with Gasteiger partial charge in [-0.1, -0.05) is 76.2 Å². The Labute approximate surface area is 160 Å². The summed E-state index contributed by atoms with van der Waals surface area (Å²) in [6, 6.07) is 20.0. The summed E-state index contributed by atoms with van der Waals surface area (Å²) in [5, 5.41) is 31.2. The Hall–Kier alpha value is -2.94. The fourth-order valence-corrected chi connectivity index (χ4v) is 3.73. The molecule has 3 N–H and O–H groups in total. The van der Waals surface area contributed by atoms with Crippen LogP contribution in [0.4, 0.5) is 0 Å². The number of para-hydroxylation sites is 2. The molecule has 0 radical (unpaired) electrons. The predicted octanol–water partition coefficient (Wildman–Crippen LogP) is 5.46. The second kappa shape index (κ2) is 6.66. The van der Waals surface area contributed by atoms with Crippen molar-refractivity contribution in [1.29, 1.82) is 0 Å². The van der Waals surface area contributed by atoms with Crippen LogP contribution in [0.2, 0.25) is 0 Å². The Balaban J connectivity index is 2.15. The Morgan fingerprint density at radius 2 is 0.963 bits per heavy atom. The lowest BCUT2D eigenvalue weighted by molar-refractivity contribution is 0.434. The summed E-state index contributed by atoms with van der Waals surface area (Å²) in [5.74, 6) is 0.629. The lowest BCUT2D eigenvalue weighted by Gasteiger charge is -2.31. The Morgan fingerprint density at radius 1 is 0.519 bits per heavy atom. The minimum atomic E-state index is -0.597. The first-order valence-corrected chi connectivity index (χ1v) is 9.06. The van der Waals surface area contributed by atoms with Gasteiger partial charge in [0.05, 0.1) is 0 Å². The molecule has 0 unspecified atom stereocenters. The van der Waals surface area contributed by atoms with Gasteiger partial charge in [0, 0.05) is 27.5 Å². The van der Waals surface area contributed by atoms with Crippen molar-refractivity contribution in [2.45, 2.75) is 38.5 Å². The minimum absolute atomic E-state index is 0.181. The van der Waals surface area contributed by atoms with Gasteiger partial charge in [-0.05, 0) is 23.8 Å². The normalized spacial score (nSPS) is 12.1. The van der Waals surface area contributed by atoms with E-state index in [4.69, 9.17) is 0 Å². The van der Waals surface area contributed by atoms with Gasteiger partial charge in [0.2, 0.25) is 0 Å². The minimum Gasteiger partial charge on any atom is -0.508 e. The molecular weight excluding hydrogens is 336 g/mol. The highest BCUT2D eigenvalue weighted by molar-refractivity contribution is 5.54. The van der Waals surface area contributed by atoms with Crippen LogP contribution in [-0.2, 0) is 10.8 Å². The van der Waals surface area contributed by atoms with Crippen LogP contribution in [0.15, 0.2) is 66.7 Å². The summed E-state index contributed by atoms with van der Waals surface area (Å²) < 4.78 is 0. The fraction of sp³-hybridized carbons (Fsp3) is 0.250. The van der Waals surface area contributed by atoms with E-state index in [0.717, 1.165) is 22.3 Å². The third-order valence-electron chi connectivity index (χ3n) is 5.55. The molecule has 0 bridgehead atoms. The predicted molar refractivity (Wildman–Crippen MR) is 109 cm³/mol. The summed E-state index contributed by atoms with van der Waals surface area (Å²) in [4.78, 5) is 0. The molecule has 140 valence electrons. The van der Waals surface area contributed by atoms with Crippen molar-refractivity contribution in [1.82, 2.24) is 0 Å². The molecule has 3 nitrogen and oxygen atoms in total. The van der Waals surface area contributed by atoms with Crippen LogP contribution in [0.5, 0.6) is 17.2 Å². The number of benzene rings is 3. The van der Waals surface area contributed by atoms with Crippen LogP contribution in [0.1, 0.15) is 49.9 Å². The van der Waals surface area contributed by atoms with Crippen molar-refractivity contribution in [3.63, 3.8) is 0 Å². The lowest BCUT2D eigenvalue weighted by Crippen LogP contribution is -2.23. The molecule has 0 aliphatic heterocycles. The number of aromatic hydroxyl groups is 3. The third-order valence-corrected chi connectivity index (χ3v) is 5.55. The van der Waals surface area contributed by atoms with Crippen molar-refractivity contribution in [3.05, 3.63) is 89.0 Å². The van der Waals surface area contributed by atoms with Gasteiger partial charge in [-0.15, -0.1) is 0 Å². The number of phenols is 3. The van der Waals surface area contributed by atoms with Crippen LogP contribution in [0, 0.1) is 0 Å². The average Bonchev–Trinajstić information content (AvgIpc) is 2.62. The van der Waals surface area contributed by atoms with Gasteiger partial charge in [-0.25, -0.2) is 0 Å². The van der Waals surface area contributed by atoms with Crippen LogP contribution in [0.25, 0.3) is 0 Å². The van der Waals surface area contributed by atoms with E-state index < -0.39 is 10.8 Å².